The van der Waals surface area contributed by atoms with Crippen LogP contribution >= 0.6 is 0 Å². The normalized spacial score (nSPS) is 16.0. The second kappa shape index (κ2) is 5.62. The first-order valence-electron chi connectivity index (χ1n) is 5.17. The van der Waals surface area contributed by atoms with Gasteiger partial charge in [0.1, 0.15) is 0 Å². The fourth-order valence-corrected chi connectivity index (χ4v) is 1.44. The van der Waals surface area contributed by atoms with Crippen LogP contribution in [0.15, 0.2) is 0 Å². The van der Waals surface area contributed by atoms with E-state index >= 15 is 0 Å². The second-order valence-electron chi connectivity index (χ2n) is 3.85. The number of hydrogen-bond acceptors (Lipinski definition) is 2. The van der Waals surface area contributed by atoms with Gasteiger partial charge in [-0.2, -0.15) is 0 Å². The number of carboxylic acid groups (broad SMARTS) is 1. The first kappa shape index (κ1) is 11.0. The first-order chi connectivity index (χ1) is 6.68. The highest BCUT2D eigenvalue weighted by Crippen LogP contribution is 2.25. The smallest absolute Gasteiger partial charge is 0.303 e. The molecule has 0 spiro atoms. The summed E-state index contributed by atoms with van der Waals surface area (Å²) < 4.78 is 0. The molecule has 4 heteroatoms. The number of hydrogen-bond donors (Lipinski definition) is 2. The summed E-state index contributed by atoms with van der Waals surface area (Å²) in [4.78, 5) is 21.3. The van der Waals surface area contributed by atoms with Crippen molar-refractivity contribution in [3.8, 4) is 0 Å². The molecule has 0 aromatic rings. The molecule has 1 amide bonds. The van der Waals surface area contributed by atoms with E-state index in [4.69, 9.17) is 5.11 Å². The zero-order valence-corrected chi connectivity index (χ0v) is 8.29. The zero-order valence-electron chi connectivity index (χ0n) is 8.29. The first-order valence-corrected chi connectivity index (χ1v) is 5.17. The Kier molecular flexibility index (Phi) is 4.43. The molecule has 80 valence electrons. The van der Waals surface area contributed by atoms with Gasteiger partial charge in [-0.3, -0.25) is 9.59 Å². The summed E-state index contributed by atoms with van der Waals surface area (Å²) in [6.07, 6.45) is 4.56. The van der Waals surface area contributed by atoms with Gasteiger partial charge in [-0.1, -0.05) is 6.42 Å². The molecule has 1 rings (SSSR count). The largest absolute Gasteiger partial charge is 0.481 e. The van der Waals surface area contributed by atoms with Crippen LogP contribution in [0.1, 0.15) is 38.5 Å². The van der Waals surface area contributed by atoms with Crippen molar-refractivity contribution in [2.75, 3.05) is 6.54 Å². The van der Waals surface area contributed by atoms with Crippen LogP contribution in [0.25, 0.3) is 0 Å². The van der Waals surface area contributed by atoms with Gasteiger partial charge in [-0.25, -0.2) is 0 Å². The molecule has 0 aromatic heterocycles. The van der Waals surface area contributed by atoms with Crippen LogP contribution < -0.4 is 5.32 Å². The standard InChI is InChI=1S/C10H17NO3/c12-9(5-2-6-10(13)14)11-7-8-3-1-4-8/h8H,1-7H2,(H,11,12)(H,13,14). The van der Waals surface area contributed by atoms with E-state index in [1.807, 2.05) is 0 Å². The van der Waals surface area contributed by atoms with E-state index in [0.717, 1.165) is 6.54 Å². The summed E-state index contributed by atoms with van der Waals surface area (Å²) in [5.41, 5.74) is 0. The van der Waals surface area contributed by atoms with E-state index in [1.54, 1.807) is 0 Å². The van der Waals surface area contributed by atoms with Crippen molar-refractivity contribution < 1.29 is 14.7 Å². The van der Waals surface area contributed by atoms with Gasteiger partial charge >= 0.3 is 5.97 Å². The van der Waals surface area contributed by atoms with E-state index in [1.165, 1.54) is 19.3 Å². The molecule has 1 fully saturated rings. The Bertz CT molecular complexity index is 211. The Hall–Kier alpha value is -1.06. The number of carbonyl (C=O) groups excluding carboxylic acids is 1. The van der Waals surface area contributed by atoms with Crippen LogP contribution in [0.4, 0.5) is 0 Å². The highest BCUT2D eigenvalue weighted by atomic mass is 16.4. The molecule has 14 heavy (non-hydrogen) atoms. The zero-order chi connectivity index (χ0) is 10.4. The van der Waals surface area contributed by atoms with Crippen LogP contribution in [0.5, 0.6) is 0 Å². The number of amides is 1. The molecule has 1 aliphatic rings. The fourth-order valence-electron chi connectivity index (χ4n) is 1.44. The van der Waals surface area contributed by atoms with Crippen molar-refractivity contribution in [3.63, 3.8) is 0 Å². The molecule has 1 saturated carbocycles. The number of aliphatic carboxylic acids is 1. The number of rotatable bonds is 6. The summed E-state index contributed by atoms with van der Waals surface area (Å²) >= 11 is 0. The molecule has 0 atom stereocenters. The third kappa shape index (κ3) is 4.25. The van der Waals surface area contributed by atoms with E-state index in [0.29, 0.717) is 18.8 Å². The second-order valence-corrected chi connectivity index (χ2v) is 3.85. The number of carboxylic acids is 1. The van der Waals surface area contributed by atoms with E-state index in [2.05, 4.69) is 5.32 Å². The molecular formula is C10H17NO3. The minimum absolute atomic E-state index is 0.0156. The van der Waals surface area contributed by atoms with Gasteiger partial charge in [0.15, 0.2) is 0 Å². The molecule has 4 nitrogen and oxygen atoms in total. The van der Waals surface area contributed by atoms with Crippen LogP contribution in [0.2, 0.25) is 0 Å². The minimum Gasteiger partial charge on any atom is -0.481 e. The Balaban J connectivity index is 1.95. The Labute approximate surface area is 83.7 Å². The SMILES string of the molecule is O=C(O)CCCC(=O)NCC1CCC1. The van der Waals surface area contributed by atoms with Crippen LogP contribution in [0, 0.1) is 5.92 Å². The lowest BCUT2D eigenvalue weighted by Gasteiger charge is -2.25. The summed E-state index contributed by atoms with van der Waals surface area (Å²) in [5.74, 6) is -0.187. The fraction of sp³-hybridized carbons (Fsp3) is 0.800. The number of nitrogens with one attached hydrogen (secondary N) is 1. The molecule has 0 saturated heterocycles. The van der Waals surface area contributed by atoms with Gasteiger partial charge in [0.2, 0.25) is 5.91 Å². The topological polar surface area (TPSA) is 66.4 Å². The van der Waals surface area contributed by atoms with Gasteiger partial charge in [0.05, 0.1) is 0 Å². The third-order valence-corrected chi connectivity index (χ3v) is 2.61. The highest BCUT2D eigenvalue weighted by Gasteiger charge is 2.17. The average molecular weight is 199 g/mol. The molecule has 0 bridgehead atoms. The quantitative estimate of drug-likeness (QED) is 0.674. The molecule has 0 heterocycles. The van der Waals surface area contributed by atoms with Crippen LogP contribution in [-0.2, 0) is 9.59 Å². The van der Waals surface area contributed by atoms with E-state index in [9.17, 15) is 9.59 Å². The van der Waals surface area contributed by atoms with E-state index in [-0.39, 0.29) is 12.3 Å². The van der Waals surface area contributed by atoms with E-state index < -0.39 is 5.97 Å². The summed E-state index contributed by atoms with van der Waals surface area (Å²) in [6.45, 7) is 0.770. The van der Waals surface area contributed by atoms with Crippen molar-refractivity contribution in [2.24, 2.45) is 5.92 Å². The highest BCUT2D eigenvalue weighted by molar-refractivity contribution is 5.76. The minimum atomic E-state index is -0.836. The van der Waals surface area contributed by atoms with Crippen LogP contribution in [-0.4, -0.2) is 23.5 Å². The van der Waals surface area contributed by atoms with Crippen molar-refractivity contribution in [1.29, 1.82) is 0 Å². The van der Waals surface area contributed by atoms with Crippen molar-refractivity contribution >= 4 is 11.9 Å². The molecule has 1 aliphatic carbocycles. The summed E-state index contributed by atoms with van der Waals surface area (Å²) in [6, 6.07) is 0. The Morgan fingerprint density at radius 2 is 2.00 bits per heavy atom. The van der Waals surface area contributed by atoms with Gasteiger partial charge < -0.3 is 10.4 Å². The van der Waals surface area contributed by atoms with Gasteiger partial charge in [-0.15, -0.1) is 0 Å². The molecular weight excluding hydrogens is 182 g/mol. The lowest BCUT2D eigenvalue weighted by molar-refractivity contribution is -0.137. The van der Waals surface area contributed by atoms with Crippen LogP contribution in [0.3, 0.4) is 0 Å². The molecule has 0 radical (unpaired) electrons. The van der Waals surface area contributed by atoms with Crippen molar-refractivity contribution in [2.45, 2.75) is 38.5 Å². The maximum atomic E-state index is 11.2. The maximum Gasteiger partial charge on any atom is 0.303 e. The lowest BCUT2D eigenvalue weighted by Crippen LogP contribution is -2.31. The molecule has 2 N–H and O–H groups in total. The molecule has 0 aliphatic heterocycles. The summed E-state index contributed by atoms with van der Waals surface area (Å²) in [5, 5.41) is 11.2. The third-order valence-electron chi connectivity index (χ3n) is 2.61. The summed E-state index contributed by atoms with van der Waals surface area (Å²) in [7, 11) is 0. The van der Waals surface area contributed by atoms with Gasteiger partial charge in [0.25, 0.3) is 0 Å². The predicted molar refractivity (Wildman–Crippen MR) is 51.8 cm³/mol. The number of carbonyl (C=O) groups is 2. The Morgan fingerprint density at radius 1 is 1.29 bits per heavy atom. The Morgan fingerprint density at radius 3 is 2.50 bits per heavy atom. The average Bonchev–Trinajstić information content (AvgIpc) is 2.00. The van der Waals surface area contributed by atoms with Gasteiger partial charge in [0, 0.05) is 19.4 Å². The monoisotopic (exact) mass is 199 g/mol. The lowest BCUT2D eigenvalue weighted by atomic mass is 9.85. The van der Waals surface area contributed by atoms with Gasteiger partial charge in [-0.05, 0) is 25.2 Å². The molecule has 0 aromatic carbocycles. The van der Waals surface area contributed by atoms with Crippen molar-refractivity contribution in [1.82, 2.24) is 5.32 Å². The maximum absolute atomic E-state index is 11.2. The van der Waals surface area contributed by atoms with Crippen molar-refractivity contribution in [3.05, 3.63) is 0 Å². The predicted octanol–water partition coefficient (Wildman–Crippen LogP) is 1.16. The molecule has 0 unspecified atom stereocenters.